The highest BCUT2D eigenvalue weighted by Crippen LogP contribution is 2.22. The molecule has 0 amide bonds. The quantitative estimate of drug-likeness (QED) is 0.718. The maximum atomic E-state index is 12.8. The van der Waals surface area contributed by atoms with Gasteiger partial charge in [-0.1, -0.05) is 17.3 Å². The molecule has 2 heterocycles. The van der Waals surface area contributed by atoms with Crippen LogP contribution in [0.25, 0.3) is 5.69 Å². The molecule has 0 unspecified atom stereocenters. The lowest BCUT2D eigenvalue weighted by Gasteiger charge is -2.07. The molecule has 0 fully saturated rings. The van der Waals surface area contributed by atoms with E-state index in [0.717, 1.165) is 5.56 Å². The number of hydrogen-bond acceptors (Lipinski definition) is 5. The highest BCUT2D eigenvalue weighted by molar-refractivity contribution is 5.37. The predicted octanol–water partition coefficient (Wildman–Crippen LogP) is 3.19. The molecule has 3 rings (SSSR count). The lowest BCUT2D eigenvalue weighted by molar-refractivity contribution is 0.151. The summed E-state index contributed by atoms with van der Waals surface area (Å²) in [5.74, 6) is 0.471. The molecule has 0 aliphatic heterocycles. The highest BCUT2D eigenvalue weighted by atomic mass is 19.3. The van der Waals surface area contributed by atoms with Gasteiger partial charge < -0.3 is 4.74 Å². The van der Waals surface area contributed by atoms with Gasteiger partial charge in [0.05, 0.1) is 11.4 Å². The van der Waals surface area contributed by atoms with Crippen LogP contribution in [-0.4, -0.2) is 25.0 Å². The third-order valence-electron chi connectivity index (χ3n) is 3.55. The van der Waals surface area contributed by atoms with Gasteiger partial charge in [0.25, 0.3) is 6.43 Å². The van der Waals surface area contributed by atoms with Gasteiger partial charge in [0.15, 0.2) is 0 Å². The topological polar surface area (TPSA) is 65.7 Å². The van der Waals surface area contributed by atoms with E-state index in [9.17, 15) is 8.78 Å². The molecular formula is C16H15F2N5O. The molecule has 0 saturated carbocycles. The van der Waals surface area contributed by atoms with Crippen molar-refractivity contribution in [1.82, 2.24) is 25.0 Å². The molecular weight excluding hydrogens is 316 g/mol. The maximum Gasteiger partial charge on any atom is 0.263 e. The van der Waals surface area contributed by atoms with E-state index in [1.165, 1.54) is 23.1 Å². The van der Waals surface area contributed by atoms with Gasteiger partial charge in [-0.15, -0.1) is 5.10 Å². The van der Waals surface area contributed by atoms with E-state index < -0.39 is 6.43 Å². The van der Waals surface area contributed by atoms with Gasteiger partial charge in [-0.2, -0.15) is 0 Å². The molecule has 0 saturated heterocycles. The summed E-state index contributed by atoms with van der Waals surface area (Å²) in [6.07, 6.45) is 0.529. The molecule has 8 heteroatoms. The second kappa shape index (κ2) is 6.69. The van der Waals surface area contributed by atoms with Crippen molar-refractivity contribution in [3.63, 3.8) is 0 Å². The van der Waals surface area contributed by atoms with E-state index in [1.54, 1.807) is 25.3 Å². The minimum Gasteiger partial charge on any atom is -0.471 e. The van der Waals surface area contributed by atoms with Gasteiger partial charge in [-0.25, -0.2) is 23.4 Å². The monoisotopic (exact) mass is 331 g/mol. The Morgan fingerprint density at radius 3 is 2.83 bits per heavy atom. The average Bonchev–Trinajstić information content (AvgIpc) is 2.95. The molecule has 24 heavy (non-hydrogen) atoms. The Hall–Kier alpha value is -2.90. The molecule has 0 N–H and O–H groups in total. The number of aromatic nitrogens is 5. The van der Waals surface area contributed by atoms with Crippen molar-refractivity contribution in [2.24, 2.45) is 0 Å². The fourth-order valence-electron chi connectivity index (χ4n) is 2.21. The number of benzene rings is 1. The maximum absolute atomic E-state index is 12.8. The summed E-state index contributed by atoms with van der Waals surface area (Å²) in [4.78, 5) is 7.95. The van der Waals surface area contributed by atoms with E-state index in [4.69, 9.17) is 4.74 Å². The Bertz CT molecular complexity index is 850. The van der Waals surface area contributed by atoms with Crippen LogP contribution >= 0.6 is 0 Å². The Morgan fingerprint density at radius 1 is 1.25 bits per heavy atom. The number of ether oxygens (including phenoxy) is 1. The van der Waals surface area contributed by atoms with E-state index in [1.807, 2.05) is 6.92 Å². The Kier molecular flexibility index (Phi) is 4.45. The van der Waals surface area contributed by atoms with Gasteiger partial charge in [-0.3, -0.25) is 0 Å². The molecule has 0 atom stereocenters. The second-order valence-corrected chi connectivity index (χ2v) is 5.23. The van der Waals surface area contributed by atoms with Gasteiger partial charge in [0.1, 0.15) is 18.6 Å². The van der Waals surface area contributed by atoms with E-state index in [0.29, 0.717) is 23.0 Å². The summed E-state index contributed by atoms with van der Waals surface area (Å²) in [5.41, 5.74) is 2.61. The SMILES string of the molecule is Cc1cncnc1OCc1nnn(-c2cccc(C(F)F)c2)c1C. The minimum absolute atomic E-state index is 0.0585. The lowest BCUT2D eigenvalue weighted by Crippen LogP contribution is -2.03. The van der Waals surface area contributed by atoms with Crippen LogP contribution in [0.4, 0.5) is 8.78 Å². The van der Waals surface area contributed by atoms with Gasteiger partial charge in [0, 0.05) is 17.3 Å². The van der Waals surface area contributed by atoms with E-state index in [2.05, 4.69) is 20.3 Å². The van der Waals surface area contributed by atoms with Crippen molar-refractivity contribution in [1.29, 1.82) is 0 Å². The summed E-state index contributed by atoms with van der Waals surface area (Å²) < 4.78 is 32.8. The number of rotatable bonds is 5. The van der Waals surface area contributed by atoms with Gasteiger partial charge in [-0.05, 0) is 26.0 Å². The standard InChI is InChI=1S/C16H15F2N5O/c1-10-7-19-9-20-16(10)24-8-14-11(2)23(22-21-14)13-5-3-4-12(6-13)15(17)18/h3-7,9,15H,8H2,1-2H3. The van der Waals surface area contributed by atoms with Crippen molar-refractivity contribution < 1.29 is 13.5 Å². The van der Waals surface area contributed by atoms with Gasteiger partial charge >= 0.3 is 0 Å². The summed E-state index contributed by atoms with van der Waals surface area (Å²) in [7, 11) is 0. The molecule has 0 aliphatic rings. The number of halogens is 2. The summed E-state index contributed by atoms with van der Waals surface area (Å²) in [6.45, 7) is 3.83. The van der Waals surface area contributed by atoms with Crippen molar-refractivity contribution in [2.45, 2.75) is 26.9 Å². The number of aryl methyl sites for hydroxylation is 1. The molecule has 0 spiro atoms. The number of hydrogen-bond donors (Lipinski definition) is 0. The normalized spacial score (nSPS) is 11.0. The zero-order chi connectivity index (χ0) is 17.1. The molecule has 1 aromatic carbocycles. The molecule has 0 radical (unpaired) electrons. The first-order valence-electron chi connectivity index (χ1n) is 7.25. The zero-order valence-electron chi connectivity index (χ0n) is 13.1. The molecule has 124 valence electrons. The van der Waals surface area contributed by atoms with Crippen LogP contribution in [0.3, 0.4) is 0 Å². The fourth-order valence-corrected chi connectivity index (χ4v) is 2.21. The summed E-state index contributed by atoms with van der Waals surface area (Å²) >= 11 is 0. The molecule has 2 aromatic heterocycles. The first-order chi connectivity index (χ1) is 11.6. The average molecular weight is 331 g/mol. The minimum atomic E-state index is -2.53. The van der Waals surface area contributed by atoms with Crippen LogP contribution in [0.2, 0.25) is 0 Å². The molecule has 6 nitrogen and oxygen atoms in total. The van der Waals surface area contributed by atoms with Crippen molar-refractivity contribution in [3.8, 4) is 11.6 Å². The zero-order valence-corrected chi connectivity index (χ0v) is 13.1. The first kappa shape index (κ1) is 16.0. The lowest BCUT2D eigenvalue weighted by atomic mass is 10.2. The van der Waals surface area contributed by atoms with E-state index in [-0.39, 0.29) is 12.2 Å². The van der Waals surface area contributed by atoms with Crippen LogP contribution in [0.5, 0.6) is 5.88 Å². The van der Waals surface area contributed by atoms with Crippen LogP contribution in [0.15, 0.2) is 36.8 Å². The second-order valence-electron chi connectivity index (χ2n) is 5.23. The van der Waals surface area contributed by atoms with E-state index >= 15 is 0 Å². The third-order valence-corrected chi connectivity index (χ3v) is 3.55. The van der Waals surface area contributed by atoms with Gasteiger partial charge in [0.2, 0.25) is 5.88 Å². The Morgan fingerprint density at radius 2 is 2.08 bits per heavy atom. The van der Waals surface area contributed by atoms with Crippen molar-refractivity contribution >= 4 is 0 Å². The van der Waals surface area contributed by atoms with Crippen LogP contribution in [-0.2, 0) is 6.61 Å². The van der Waals surface area contributed by atoms with Crippen LogP contribution in [0, 0.1) is 13.8 Å². The Balaban J connectivity index is 1.81. The largest absolute Gasteiger partial charge is 0.471 e. The predicted molar refractivity (Wildman–Crippen MR) is 82.2 cm³/mol. The molecule has 0 bridgehead atoms. The van der Waals surface area contributed by atoms with Crippen molar-refractivity contribution in [2.75, 3.05) is 0 Å². The summed E-state index contributed by atoms with van der Waals surface area (Å²) in [5, 5.41) is 8.10. The fraction of sp³-hybridized carbons (Fsp3) is 0.250. The highest BCUT2D eigenvalue weighted by Gasteiger charge is 2.14. The Labute approximate surface area is 137 Å². The smallest absolute Gasteiger partial charge is 0.263 e. The van der Waals surface area contributed by atoms with Crippen LogP contribution in [0.1, 0.15) is 28.9 Å². The molecule has 3 aromatic rings. The number of alkyl halides is 2. The first-order valence-corrected chi connectivity index (χ1v) is 7.25. The van der Waals surface area contributed by atoms with Crippen LogP contribution < -0.4 is 4.74 Å². The third kappa shape index (κ3) is 3.22. The summed E-state index contributed by atoms with van der Waals surface area (Å²) in [6, 6.07) is 6.04. The number of nitrogens with zero attached hydrogens (tertiary/aromatic N) is 5. The molecule has 0 aliphatic carbocycles. The van der Waals surface area contributed by atoms with Crippen molar-refractivity contribution in [3.05, 3.63) is 59.3 Å².